The normalized spacial score (nSPS) is 11.6. The van der Waals surface area contributed by atoms with Crippen LogP contribution in [0.1, 0.15) is 5.56 Å². The zero-order chi connectivity index (χ0) is 15.6. The largest absolute Gasteiger partial charge is 0.342 e. The molecule has 0 radical (unpaired) electrons. The Kier molecular flexibility index (Phi) is 8.42. The van der Waals surface area contributed by atoms with Crippen LogP contribution in [0.5, 0.6) is 0 Å². The lowest BCUT2D eigenvalue weighted by Crippen LogP contribution is -2.58. The standard InChI is InChI=1S/C11H13N3O.ClHO4/c12-6-7-14-11(15)10(13)8-9-4-2-1-3-5-9;2-1(3,4)5/h1-5,10H,7-8,13H2,(H,14,15);(H,2,3,4,5)/t10-;/m0./s1. The van der Waals surface area contributed by atoms with Crippen LogP contribution in [0.15, 0.2) is 30.3 Å². The maximum atomic E-state index is 11.3. The summed E-state index contributed by atoms with van der Waals surface area (Å²) in [5, 5.41) is 10.7. The van der Waals surface area contributed by atoms with Crippen molar-refractivity contribution < 1.29 is 33.7 Å². The van der Waals surface area contributed by atoms with Crippen molar-refractivity contribution in [1.82, 2.24) is 5.32 Å². The van der Waals surface area contributed by atoms with E-state index < -0.39 is 16.3 Å². The number of halogens is 1. The van der Waals surface area contributed by atoms with Gasteiger partial charge in [-0.1, -0.05) is 30.3 Å². The highest BCUT2D eigenvalue weighted by Gasteiger charge is 2.12. The first-order valence-electron chi connectivity index (χ1n) is 5.31. The zero-order valence-corrected chi connectivity index (χ0v) is 11.1. The summed E-state index contributed by atoms with van der Waals surface area (Å²) in [7, 11) is -4.69. The number of nitrogens with two attached hydrogens (primary N) is 1. The van der Waals surface area contributed by atoms with Crippen LogP contribution in [-0.2, 0) is 11.2 Å². The van der Waals surface area contributed by atoms with Crippen molar-refractivity contribution in [1.29, 1.82) is 5.26 Å². The first kappa shape index (κ1) is 18.3. The van der Waals surface area contributed by atoms with E-state index in [1.54, 1.807) is 0 Å². The molecule has 0 bridgehead atoms. The Morgan fingerprint density at radius 3 is 2.35 bits per heavy atom. The number of nitriles is 1. The van der Waals surface area contributed by atoms with Crippen molar-refractivity contribution in [2.24, 2.45) is 5.73 Å². The summed E-state index contributed by atoms with van der Waals surface area (Å²) >= 11 is 0. The van der Waals surface area contributed by atoms with Crippen LogP contribution in [-0.4, -0.2) is 23.2 Å². The average Bonchev–Trinajstić information content (AvgIpc) is 2.35. The number of amides is 1. The summed E-state index contributed by atoms with van der Waals surface area (Å²) in [6.45, 7) is 0.00131. The smallest absolute Gasteiger partial charge is 0.238 e. The van der Waals surface area contributed by atoms with E-state index in [1.165, 1.54) is 0 Å². The molecular weight excluding hydrogens is 290 g/mol. The molecule has 1 rings (SSSR count). The van der Waals surface area contributed by atoms with Crippen molar-refractivity contribution in [3.8, 4) is 6.07 Å². The summed E-state index contributed by atoms with van der Waals surface area (Å²) in [5.41, 5.74) is 6.68. The second-order valence-electron chi connectivity index (χ2n) is 3.57. The molecule has 0 aliphatic carbocycles. The van der Waals surface area contributed by atoms with E-state index in [4.69, 9.17) is 29.6 Å². The van der Waals surface area contributed by atoms with E-state index >= 15 is 0 Å². The molecule has 1 amide bonds. The van der Waals surface area contributed by atoms with Crippen molar-refractivity contribution >= 4 is 5.91 Å². The third kappa shape index (κ3) is 11.4. The van der Waals surface area contributed by atoms with Crippen molar-refractivity contribution in [2.75, 3.05) is 6.54 Å². The minimum Gasteiger partial charge on any atom is -0.342 e. The second kappa shape index (κ2) is 9.22. The van der Waals surface area contributed by atoms with Gasteiger partial charge >= 0.3 is 0 Å². The van der Waals surface area contributed by atoms with Crippen LogP contribution < -0.4 is 25.0 Å². The van der Waals surface area contributed by atoms with E-state index in [1.807, 2.05) is 36.4 Å². The Bertz CT molecular complexity index is 438. The highest BCUT2D eigenvalue weighted by atomic mass is 35.7. The second-order valence-corrected chi connectivity index (χ2v) is 4.36. The molecule has 0 saturated heterocycles. The van der Waals surface area contributed by atoms with Crippen LogP contribution in [0, 0.1) is 21.6 Å². The van der Waals surface area contributed by atoms with Gasteiger partial charge in [-0.25, -0.2) is 0 Å². The number of hydrogen-bond acceptors (Lipinski definition) is 7. The van der Waals surface area contributed by atoms with Crippen LogP contribution >= 0.6 is 0 Å². The van der Waals surface area contributed by atoms with Gasteiger partial charge in [0, 0.05) is 0 Å². The zero-order valence-electron chi connectivity index (χ0n) is 10.4. The number of carbonyl (C=O) groups is 1. The van der Waals surface area contributed by atoms with Gasteiger partial charge in [0.25, 0.3) is 0 Å². The molecule has 0 aliphatic heterocycles. The molecule has 0 spiro atoms. The van der Waals surface area contributed by atoms with Crippen molar-refractivity contribution in [3.05, 3.63) is 35.9 Å². The van der Waals surface area contributed by atoms with Gasteiger partial charge in [0.2, 0.25) is 5.91 Å². The van der Waals surface area contributed by atoms with E-state index in [2.05, 4.69) is 5.32 Å². The molecule has 1 aromatic carbocycles. The lowest BCUT2D eigenvalue weighted by atomic mass is 10.1. The summed E-state index contributed by atoms with van der Waals surface area (Å²) in [6.07, 6.45) is 0.484. The minimum atomic E-state index is -4.69. The fraction of sp³-hybridized carbons (Fsp3) is 0.273. The molecule has 4 N–H and O–H groups in total. The lowest BCUT2D eigenvalue weighted by molar-refractivity contribution is -1.92. The third-order valence-corrected chi connectivity index (χ3v) is 1.98. The van der Waals surface area contributed by atoms with Crippen LogP contribution in [0.4, 0.5) is 0 Å². The first-order chi connectivity index (χ1) is 9.24. The molecule has 0 saturated carbocycles. The topological polar surface area (TPSA) is 168 Å². The van der Waals surface area contributed by atoms with E-state index in [-0.39, 0.29) is 12.5 Å². The fourth-order valence-electron chi connectivity index (χ4n) is 1.22. The van der Waals surface area contributed by atoms with Crippen LogP contribution in [0.3, 0.4) is 0 Å². The number of nitrogens with zero attached hydrogens (tertiary/aromatic N) is 1. The van der Waals surface area contributed by atoms with Gasteiger partial charge in [-0.05, 0) is 12.0 Å². The molecule has 110 valence electrons. The van der Waals surface area contributed by atoms with Gasteiger partial charge in [0.05, 0.1) is 27.0 Å². The number of nitrogens with one attached hydrogen (secondary N) is 1. The van der Waals surface area contributed by atoms with Gasteiger partial charge in [-0.3, -0.25) is 4.79 Å². The minimum absolute atomic E-state index is 0.00131. The van der Waals surface area contributed by atoms with Crippen molar-refractivity contribution in [3.63, 3.8) is 0 Å². The molecule has 0 heterocycles. The van der Waals surface area contributed by atoms with Gasteiger partial charge in [-0.2, -0.15) is 19.2 Å². The summed E-state index contributed by atoms with van der Waals surface area (Å²) in [4.78, 5) is 11.3. The fourth-order valence-corrected chi connectivity index (χ4v) is 1.22. The quantitative estimate of drug-likeness (QED) is 0.477. The molecular formula is C11H14ClN3O5. The third-order valence-electron chi connectivity index (χ3n) is 1.98. The Morgan fingerprint density at radius 2 is 1.90 bits per heavy atom. The molecule has 20 heavy (non-hydrogen) atoms. The molecule has 0 aliphatic rings. The SMILES string of the molecule is N#CCNC(=O)[C@@H](N)Cc1ccccc1.[O-][Cl+3]([O-])([O-])O. The lowest BCUT2D eigenvalue weighted by Gasteiger charge is -2.10. The van der Waals surface area contributed by atoms with Gasteiger partial charge in [-0.15, -0.1) is 0 Å². The maximum absolute atomic E-state index is 11.3. The van der Waals surface area contributed by atoms with Gasteiger partial charge < -0.3 is 11.1 Å². The summed E-state index contributed by atoms with van der Waals surface area (Å²) < 4.78 is 32.7. The predicted octanol–water partition coefficient (Wildman–Crippen LogP) is -3.93. The summed E-state index contributed by atoms with van der Waals surface area (Å²) in [6, 6.07) is 10.8. The highest BCUT2D eigenvalue weighted by Crippen LogP contribution is 2.01. The molecule has 9 heteroatoms. The molecule has 0 aromatic heterocycles. The number of rotatable bonds is 4. The van der Waals surface area contributed by atoms with Crippen LogP contribution in [0.25, 0.3) is 0 Å². The molecule has 1 aromatic rings. The number of carbonyl (C=O) groups excluding carboxylic acids is 1. The molecule has 0 fully saturated rings. The van der Waals surface area contributed by atoms with E-state index in [0.717, 1.165) is 5.56 Å². The van der Waals surface area contributed by atoms with E-state index in [9.17, 15) is 4.79 Å². The van der Waals surface area contributed by atoms with Crippen molar-refractivity contribution in [2.45, 2.75) is 12.5 Å². The van der Waals surface area contributed by atoms with Crippen LogP contribution in [0.2, 0.25) is 0 Å². The monoisotopic (exact) mass is 303 g/mol. The van der Waals surface area contributed by atoms with E-state index in [0.29, 0.717) is 6.42 Å². The Balaban J connectivity index is 0.000000621. The Labute approximate surface area is 117 Å². The Hall–Kier alpha value is -1.73. The number of hydrogen-bond donors (Lipinski definition) is 3. The molecule has 8 nitrogen and oxygen atoms in total. The van der Waals surface area contributed by atoms with Gasteiger partial charge in [0.15, 0.2) is 0 Å². The first-order valence-corrected chi connectivity index (χ1v) is 6.58. The maximum Gasteiger partial charge on any atom is 0.238 e. The number of benzene rings is 1. The Morgan fingerprint density at radius 1 is 1.40 bits per heavy atom. The summed E-state index contributed by atoms with van der Waals surface area (Å²) in [5.74, 6) is -0.291. The molecule has 1 atom stereocenters. The highest BCUT2D eigenvalue weighted by molar-refractivity contribution is 5.81. The van der Waals surface area contributed by atoms with Gasteiger partial charge in [0.1, 0.15) is 6.54 Å². The predicted molar refractivity (Wildman–Crippen MR) is 59.0 cm³/mol. The average molecular weight is 304 g/mol. The molecule has 0 unspecified atom stereocenters.